The van der Waals surface area contributed by atoms with Crippen LogP contribution in [0.15, 0.2) is 48.5 Å². The summed E-state index contributed by atoms with van der Waals surface area (Å²) in [5, 5.41) is 5.95. The Hall–Kier alpha value is -2.60. The van der Waals surface area contributed by atoms with Crippen LogP contribution in [0.1, 0.15) is 6.42 Å². The van der Waals surface area contributed by atoms with Crippen molar-refractivity contribution in [3.63, 3.8) is 0 Å². The minimum atomic E-state index is -0.406. The van der Waals surface area contributed by atoms with E-state index in [0.29, 0.717) is 22.9 Å². The summed E-state index contributed by atoms with van der Waals surface area (Å²) in [7, 11) is 0. The van der Waals surface area contributed by atoms with E-state index >= 15 is 0 Å². The fourth-order valence-corrected chi connectivity index (χ4v) is 2.78. The summed E-state index contributed by atoms with van der Waals surface area (Å²) in [6.45, 7) is 0.341. The van der Waals surface area contributed by atoms with E-state index in [-0.39, 0.29) is 24.2 Å². The highest BCUT2D eigenvalue weighted by Crippen LogP contribution is 2.22. The maximum absolute atomic E-state index is 13.0. The van der Waals surface area contributed by atoms with Gasteiger partial charge >= 0.3 is 6.03 Å². The lowest BCUT2D eigenvalue weighted by molar-refractivity contribution is -0.117. The van der Waals surface area contributed by atoms with Crippen LogP contribution in [0.25, 0.3) is 0 Å². The van der Waals surface area contributed by atoms with Gasteiger partial charge < -0.3 is 15.5 Å². The summed E-state index contributed by atoms with van der Waals surface area (Å²) in [6, 6.07) is 11.8. The number of halogens is 2. The first-order chi connectivity index (χ1) is 11.5. The van der Waals surface area contributed by atoms with Crippen LogP contribution < -0.4 is 15.5 Å². The molecule has 1 aliphatic rings. The Morgan fingerprint density at radius 1 is 1.21 bits per heavy atom. The Morgan fingerprint density at radius 2 is 1.96 bits per heavy atom. The number of hydrogen-bond acceptors (Lipinski definition) is 2. The fourth-order valence-electron chi connectivity index (χ4n) is 2.59. The second-order valence-electron chi connectivity index (χ2n) is 5.49. The van der Waals surface area contributed by atoms with Crippen LogP contribution >= 0.6 is 11.6 Å². The van der Waals surface area contributed by atoms with Crippen LogP contribution in [0.5, 0.6) is 0 Å². The molecule has 3 amide bonds. The second kappa shape index (κ2) is 6.88. The lowest BCUT2D eigenvalue weighted by Gasteiger charge is -2.17. The van der Waals surface area contributed by atoms with E-state index < -0.39 is 6.03 Å². The molecule has 0 spiro atoms. The van der Waals surface area contributed by atoms with Gasteiger partial charge in [0.2, 0.25) is 5.91 Å². The van der Waals surface area contributed by atoms with Gasteiger partial charge in [-0.25, -0.2) is 9.18 Å². The number of benzene rings is 2. The van der Waals surface area contributed by atoms with Gasteiger partial charge in [-0.3, -0.25) is 4.79 Å². The van der Waals surface area contributed by atoms with Crippen molar-refractivity contribution < 1.29 is 14.0 Å². The third-order valence-electron chi connectivity index (χ3n) is 3.68. The molecule has 0 saturated carbocycles. The second-order valence-corrected chi connectivity index (χ2v) is 5.93. The topological polar surface area (TPSA) is 61.4 Å². The summed E-state index contributed by atoms with van der Waals surface area (Å²) in [4.78, 5) is 25.7. The molecule has 5 nitrogen and oxygen atoms in total. The molecule has 3 rings (SSSR count). The van der Waals surface area contributed by atoms with Crippen LogP contribution in [0, 0.1) is 5.82 Å². The molecule has 2 aromatic rings. The molecule has 1 saturated heterocycles. The van der Waals surface area contributed by atoms with Crippen LogP contribution in [0.4, 0.5) is 20.6 Å². The smallest absolute Gasteiger partial charge is 0.319 e. The van der Waals surface area contributed by atoms with Gasteiger partial charge in [-0.05, 0) is 42.5 Å². The van der Waals surface area contributed by atoms with E-state index in [0.717, 1.165) is 0 Å². The number of anilines is 2. The van der Waals surface area contributed by atoms with Crippen molar-refractivity contribution in [1.82, 2.24) is 5.32 Å². The Balaban J connectivity index is 1.59. The Kier molecular flexibility index (Phi) is 4.66. The standard InChI is InChI=1S/C17H15ClFN3O2/c18-11-2-1-3-13(8-11)20-17(24)21-14-9-16(23)22(10-14)15-6-4-12(19)5-7-15/h1-8,14H,9-10H2,(H2,20,21,24)/t14-/m0/s1. The summed E-state index contributed by atoms with van der Waals surface area (Å²) in [5.74, 6) is -0.476. The summed E-state index contributed by atoms with van der Waals surface area (Å²) < 4.78 is 13.0. The van der Waals surface area contributed by atoms with Gasteiger partial charge in [0.15, 0.2) is 0 Å². The Labute approximate surface area is 143 Å². The normalized spacial score (nSPS) is 17.0. The van der Waals surface area contributed by atoms with Crippen molar-refractivity contribution in [1.29, 1.82) is 0 Å². The maximum Gasteiger partial charge on any atom is 0.319 e. The van der Waals surface area contributed by atoms with Crippen LogP contribution in [-0.4, -0.2) is 24.5 Å². The lowest BCUT2D eigenvalue weighted by atomic mass is 10.2. The maximum atomic E-state index is 13.0. The number of amides is 3. The number of carbonyl (C=O) groups is 2. The zero-order valence-electron chi connectivity index (χ0n) is 12.6. The van der Waals surface area contributed by atoms with Gasteiger partial charge in [-0.1, -0.05) is 17.7 Å². The Bertz CT molecular complexity index is 767. The van der Waals surface area contributed by atoms with Gasteiger partial charge in [-0.15, -0.1) is 0 Å². The summed E-state index contributed by atoms with van der Waals surface area (Å²) >= 11 is 5.87. The number of urea groups is 1. The van der Waals surface area contributed by atoms with Gasteiger partial charge in [0.25, 0.3) is 0 Å². The van der Waals surface area contributed by atoms with Gasteiger partial charge in [-0.2, -0.15) is 0 Å². The largest absolute Gasteiger partial charge is 0.333 e. The highest BCUT2D eigenvalue weighted by Gasteiger charge is 2.31. The average molecular weight is 348 g/mol. The first kappa shape index (κ1) is 16.3. The van der Waals surface area contributed by atoms with Crippen molar-refractivity contribution in [2.75, 3.05) is 16.8 Å². The minimum Gasteiger partial charge on any atom is -0.333 e. The van der Waals surface area contributed by atoms with Crippen LogP contribution in [0.3, 0.4) is 0 Å². The fraction of sp³-hybridized carbons (Fsp3) is 0.176. The van der Waals surface area contributed by atoms with Gasteiger partial charge in [0, 0.05) is 29.4 Å². The highest BCUT2D eigenvalue weighted by molar-refractivity contribution is 6.30. The van der Waals surface area contributed by atoms with E-state index in [1.54, 1.807) is 36.4 Å². The van der Waals surface area contributed by atoms with Crippen molar-refractivity contribution in [2.45, 2.75) is 12.5 Å². The molecule has 0 unspecified atom stereocenters. The average Bonchev–Trinajstić information content (AvgIpc) is 2.88. The number of hydrogen-bond donors (Lipinski definition) is 2. The Morgan fingerprint density at radius 3 is 2.67 bits per heavy atom. The first-order valence-corrected chi connectivity index (χ1v) is 7.78. The van der Waals surface area contributed by atoms with E-state index in [2.05, 4.69) is 10.6 Å². The molecule has 124 valence electrons. The molecular weight excluding hydrogens is 333 g/mol. The molecular formula is C17H15ClFN3O2. The molecule has 7 heteroatoms. The van der Waals surface area contributed by atoms with Gasteiger partial charge in [0.1, 0.15) is 5.82 Å². The van der Waals surface area contributed by atoms with Crippen molar-refractivity contribution in [2.24, 2.45) is 0 Å². The van der Waals surface area contributed by atoms with Crippen molar-refractivity contribution in [3.05, 3.63) is 59.4 Å². The van der Waals surface area contributed by atoms with E-state index in [9.17, 15) is 14.0 Å². The first-order valence-electron chi connectivity index (χ1n) is 7.40. The molecule has 1 atom stereocenters. The minimum absolute atomic E-state index is 0.116. The predicted octanol–water partition coefficient (Wildman–Crippen LogP) is 3.41. The quantitative estimate of drug-likeness (QED) is 0.893. The third-order valence-corrected chi connectivity index (χ3v) is 3.92. The van der Waals surface area contributed by atoms with Gasteiger partial charge in [0.05, 0.1) is 6.04 Å². The molecule has 1 aliphatic heterocycles. The van der Waals surface area contributed by atoms with Crippen LogP contribution in [-0.2, 0) is 4.79 Å². The van der Waals surface area contributed by atoms with Crippen LogP contribution in [0.2, 0.25) is 5.02 Å². The molecule has 24 heavy (non-hydrogen) atoms. The van der Waals surface area contributed by atoms with Crippen molar-refractivity contribution in [3.8, 4) is 0 Å². The van der Waals surface area contributed by atoms with E-state index in [4.69, 9.17) is 11.6 Å². The molecule has 0 aromatic heterocycles. The highest BCUT2D eigenvalue weighted by atomic mass is 35.5. The van der Waals surface area contributed by atoms with E-state index in [1.165, 1.54) is 17.0 Å². The molecule has 0 radical (unpaired) electrons. The SMILES string of the molecule is O=C(Nc1cccc(Cl)c1)N[C@H]1CC(=O)N(c2ccc(F)cc2)C1. The predicted molar refractivity (Wildman–Crippen MR) is 90.8 cm³/mol. The summed E-state index contributed by atoms with van der Waals surface area (Å²) in [5.41, 5.74) is 1.18. The zero-order valence-corrected chi connectivity index (χ0v) is 13.4. The number of nitrogens with one attached hydrogen (secondary N) is 2. The molecule has 0 aliphatic carbocycles. The number of carbonyl (C=O) groups excluding carboxylic acids is 2. The molecule has 1 fully saturated rings. The number of rotatable bonds is 3. The lowest BCUT2D eigenvalue weighted by Crippen LogP contribution is -2.39. The zero-order chi connectivity index (χ0) is 17.1. The number of nitrogens with zero attached hydrogens (tertiary/aromatic N) is 1. The monoisotopic (exact) mass is 347 g/mol. The molecule has 1 heterocycles. The van der Waals surface area contributed by atoms with Crippen molar-refractivity contribution >= 4 is 34.9 Å². The summed E-state index contributed by atoms with van der Waals surface area (Å²) in [6.07, 6.45) is 0.195. The molecule has 0 bridgehead atoms. The molecule has 2 N–H and O–H groups in total. The third kappa shape index (κ3) is 3.83. The molecule has 2 aromatic carbocycles. The van der Waals surface area contributed by atoms with E-state index in [1.807, 2.05) is 0 Å².